The number of hydrogen-bond acceptors (Lipinski definition) is 3. The Morgan fingerprint density at radius 2 is 2.00 bits per heavy atom. The number of nitrogens with zero attached hydrogens (tertiary/aromatic N) is 2. The monoisotopic (exact) mass is 356 g/mol. The van der Waals surface area contributed by atoms with Crippen LogP contribution in [0.2, 0.25) is 0 Å². The molecule has 0 atom stereocenters. The second kappa shape index (κ2) is 8.14. The van der Waals surface area contributed by atoms with Gasteiger partial charge in [-0.2, -0.15) is 13.2 Å². The van der Waals surface area contributed by atoms with Gasteiger partial charge in [0, 0.05) is 24.7 Å². The number of nitrogens with one attached hydrogen (secondary N) is 2. The summed E-state index contributed by atoms with van der Waals surface area (Å²) < 4.78 is 38.1. The number of guanidine groups is 1. The fraction of sp³-hybridized carbons (Fsp3) is 0.375. The maximum atomic E-state index is 12.7. The van der Waals surface area contributed by atoms with Crippen molar-refractivity contribution in [3.05, 3.63) is 51.5 Å². The molecule has 0 unspecified atom stereocenters. The lowest BCUT2D eigenvalue weighted by atomic mass is 10.1. The summed E-state index contributed by atoms with van der Waals surface area (Å²) >= 11 is 1.62. The van der Waals surface area contributed by atoms with Crippen molar-refractivity contribution < 1.29 is 13.2 Å². The first-order chi connectivity index (χ1) is 11.4. The fourth-order valence-electron chi connectivity index (χ4n) is 2.02. The van der Waals surface area contributed by atoms with Gasteiger partial charge >= 0.3 is 6.18 Å². The standard InChI is InChI=1S/C16H19F3N4S/c1-3-13-9-21-14(24-13)10-23-15(20-2)22-8-11-5-4-6-12(7-11)16(17,18)19/h4-7,9H,3,8,10H2,1-2H3,(H2,20,22,23). The minimum absolute atomic E-state index is 0.252. The number of halogens is 3. The van der Waals surface area contributed by atoms with Crippen LogP contribution < -0.4 is 10.6 Å². The van der Waals surface area contributed by atoms with Gasteiger partial charge in [-0.15, -0.1) is 11.3 Å². The van der Waals surface area contributed by atoms with Crippen molar-refractivity contribution in [2.75, 3.05) is 7.05 Å². The highest BCUT2D eigenvalue weighted by molar-refractivity contribution is 7.11. The molecule has 0 aliphatic heterocycles. The van der Waals surface area contributed by atoms with Crippen LogP contribution in [0.1, 0.15) is 27.9 Å². The van der Waals surface area contributed by atoms with Crippen molar-refractivity contribution >= 4 is 17.3 Å². The van der Waals surface area contributed by atoms with Gasteiger partial charge in [-0.1, -0.05) is 19.1 Å². The van der Waals surface area contributed by atoms with E-state index in [1.54, 1.807) is 24.5 Å². The largest absolute Gasteiger partial charge is 0.416 e. The minimum atomic E-state index is -4.34. The van der Waals surface area contributed by atoms with Crippen molar-refractivity contribution in [3.63, 3.8) is 0 Å². The predicted octanol–water partition coefficient (Wildman–Crippen LogP) is 3.59. The maximum Gasteiger partial charge on any atom is 0.416 e. The number of thiazole rings is 1. The Labute approximate surface area is 142 Å². The molecule has 24 heavy (non-hydrogen) atoms. The van der Waals surface area contributed by atoms with Gasteiger partial charge < -0.3 is 10.6 Å². The molecular formula is C16H19F3N4S. The molecule has 8 heteroatoms. The van der Waals surface area contributed by atoms with Crippen molar-refractivity contribution in [2.45, 2.75) is 32.6 Å². The Balaban J connectivity index is 1.89. The molecule has 0 aliphatic rings. The summed E-state index contributed by atoms with van der Waals surface area (Å²) in [5.41, 5.74) is -0.116. The first-order valence-electron chi connectivity index (χ1n) is 7.46. The molecule has 0 bridgehead atoms. The summed E-state index contributed by atoms with van der Waals surface area (Å²) in [5, 5.41) is 7.05. The number of benzene rings is 1. The zero-order valence-corrected chi connectivity index (χ0v) is 14.3. The lowest BCUT2D eigenvalue weighted by Crippen LogP contribution is -2.36. The Morgan fingerprint density at radius 3 is 2.62 bits per heavy atom. The molecule has 0 saturated heterocycles. The third-order valence-corrected chi connectivity index (χ3v) is 4.44. The zero-order chi connectivity index (χ0) is 17.6. The molecule has 0 fully saturated rings. The van der Waals surface area contributed by atoms with E-state index in [4.69, 9.17) is 0 Å². The van der Waals surface area contributed by atoms with Gasteiger partial charge in [0.05, 0.1) is 12.1 Å². The van der Waals surface area contributed by atoms with E-state index in [1.165, 1.54) is 10.9 Å². The molecule has 2 aromatic rings. The molecule has 2 rings (SSSR count). The van der Waals surface area contributed by atoms with Gasteiger partial charge in [0.1, 0.15) is 5.01 Å². The number of hydrogen-bond donors (Lipinski definition) is 2. The fourth-order valence-corrected chi connectivity index (χ4v) is 2.82. The molecule has 130 valence electrons. The average molecular weight is 356 g/mol. The highest BCUT2D eigenvalue weighted by Crippen LogP contribution is 2.29. The molecule has 0 radical (unpaired) electrons. The highest BCUT2D eigenvalue weighted by Gasteiger charge is 2.30. The molecule has 4 nitrogen and oxygen atoms in total. The van der Waals surface area contributed by atoms with Crippen LogP contribution >= 0.6 is 11.3 Å². The molecule has 0 spiro atoms. The van der Waals surface area contributed by atoms with Gasteiger partial charge in [-0.25, -0.2) is 4.98 Å². The molecule has 1 aromatic heterocycles. The van der Waals surface area contributed by atoms with Crippen LogP contribution in [-0.4, -0.2) is 18.0 Å². The first-order valence-corrected chi connectivity index (χ1v) is 8.28. The van der Waals surface area contributed by atoms with Gasteiger partial charge in [-0.3, -0.25) is 4.99 Å². The summed E-state index contributed by atoms with van der Waals surface area (Å²) in [6.45, 7) is 2.84. The summed E-state index contributed by atoms with van der Waals surface area (Å²) in [6.07, 6.45) is -1.54. The van der Waals surface area contributed by atoms with Crippen molar-refractivity contribution in [3.8, 4) is 0 Å². The molecule has 1 aromatic carbocycles. The van der Waals surface area contributed by atoms with Crippen LogP contribution in [0.15, 0.2) is 35.5 Å². The number of alkyl halides is 3. The van der Waals surface area contributed by atoms with Crippen LogP contribution in [-0.2, 0) is 25.7 Å². The smallest absolute Gasteiger partial charge is 0.352 e. The van der Waals surface area contributed by atoms with Gasteiger partial charge in [-0.05, 0) is 24.1 Å². The zero-order valence-electron chi connectivity index (χ0n) is 13.4. The van der Waals surface area contributed by atoms with E-state index in [1.807, 2.05) is 6.20 Å². The molecule has 0 aliphatic carbocycles. The molecule has 2 N–H and O–H groups in total. The Kier molecular flexibility index (Phi) is 6.19. The van der Waals surface area contributed by atoms with Gasteiger partial charge in [0.25, 0.3) is 0 Å². The van der Waals surface area contributed by atoms with Gasteiger partial charge in [0.15, 0.2) is 5.96 Å². The van der Waals surface area contributed by atoms with Crippen LogP contribution in [0.4, 0.5) is 13.2 Å². The van der Waals surface area contributed by atoms with E-state index >= 15 is 0 Å². The summed E-state index contributed by atoms with van der Waals surface area (Å²) in [7, 11) is 1.61. The SMILES string of the molecule is CCc1cnc(CNC(=NC)NCc2cccc(C(F)(F)F)c2)s1. The topological polar surface area (TPSA) is 49.3 Å². The van der Waals surface area contributed by atoms with E-state index in [0.717, 1.165) is 23.6 Å². The third-order valence-electron chi connectivity index (χ3n) is 3.29. The summed E-state index contributed by atoms with van der Waals surface area (Å²) in [6, 6.07) is 5.24. The lowest BCUT2D eigenvalue weighted by molar-refractivity contribution is -0.137. The minimum Gasteiger partial charge on any atom is -0.352 e. The maximum absolute atomic E-state index is 12.7. The highest BCUT2D eigenvalue weighted by atomic mass is 32.1. The number of aliphatic imine (C=N–C) groups is 1. The first kappa shape index (κ1) is 18.3. The molecule has 0 saturated carbocycles. The van der Waals surface area contributed by atoms with E-state index in [9.17, 15) is 13.2 Å². The van der Waals surface area contributed by atoms with Crippen LogP contribution in [0.25, 0.3) is 0 Å². The third kappa shape index (κ3) is 5.23. The van der Waals surface area contributed by atoms with Crippen molar-refractivity contribution in [2.24, 2.45) is 4.99 Å². The summed E-state index contributed by atoms with van der Waals surface area (Å²) in [5.74, 6) is 0.515. The predicted molar refractivity (Wildman–Crippen MR) is 90.0 cm³/mol. The number of aromatic nitrogens is 1. The van der Waals surface area contributed by atoms with E-state index in [2.05, 4.69) is 27.5 Å². The average Bonchev–Trinajstić information content (AvgIpc) is 3.02. The second-order valence-corrected chi connectivity index (χ2v) is 6.25. The Morgan fingerprint density at radius 1 is 1.25 bits per heavy atom. The van der Waals surface area contributed by atoms with Crippen molar-refractivity contribution in [1.29, 1.82) is 0 Å². The number of rotatable bonds is 5. The normalized spacial score (nSPS) is 12.3. The van der Waals surface area contributed by atoms with Crippen molar-refractivity contribution in [1.82, 2.24) is 15.6 Å². The Hall–Kier alpha value is -2.09. The Bertz CT molecular complexity index is 695. The van der Waals surface area contributed by atoms with E-state index < -0.39 is 11.7 Å². The van der Waals surface area contributed by atoms with Crippen LogP contribution in [0, 0.1) is 0 Å². The molecular weight excluding hydrogens is 337 g/mol. The quantitative estimate of drug-likeness (QED) is 0.636. The van der Waals surface area contributed by atoms with Crippen LogP contribution in [0.5, 0.6) is 0 Å². The molecule has 0 amide bonds. The van der Waals surface area contributed by atoms with E-state index in [0.29, 0.717) is 18.1 Å². The van der Waals surface area contributed by atoms with E-state index in [-0.39, 0.29) is 6.54 Å². The van der Waals surface area contributed by atoms with Crippen LogP contribution in [0.3, 0.4) is 0 Å². The lowest BCUT2D eigenvalue weighted by Gasteiger charge is -2.12. The number of aryl methyl sites for hydroxylation is 1. The molecule has 1 heterocycles. The summed E-state index contributed by atoms with van der Waals surface area (Å²) in [4.78, 5) is 9.57. The second-order valence-electron chi connectivity index (χ2n) is 5.05. The van der Waals surface area contributed by atoms with Gasteiger partial charge in [0.2, 0.25) is 0 Å².